The smallest absolute Gasteiger partial charge is 0.415 e. The number of ether oxygens (including phenoxy) is 1. The lowest BCUT2D eigenvalue weighted by Crippen LogP contribution is -2.40. The highest BCUT2D eigenvalue weighted by Crippen LogP contribution is 2.35. The number of rotatable bonds is 4. The van der Waals surface area contributed by atoms with Crippen LogP contribution < -0.4 is 20.9 Å². The van der Waals surface area contributed by atoms with E-state index >= 15 is 0 Å². The predicted molar refractivity (Wildman–Crippen MR) is 94.9 cm³/mol. The Hall–Kier alpha value is -2.61. The second-order valence-corrected chi connectivity index (χ2v) is 7.34. The molecular formula is C18H22N4O4. The van der Waals surface area contributed by atoms with E-state index in [4.69, 9.17) is 10.5 Å². The summed E-state index contributed by atoms with van der Waals surface area (Å²) >= 11 is 0. The number of benzene rings is 1. The Morgan fingerprint density at radius 3 is 2.73 bits per heavy atom. The minimum Gasteiger partial charge on any atom is -0.434 e. The van der Waals surface area contributed by atoms with Gasteiger partial charge in [0.25, 0.3) is 5.91 Å². The van der Waals surface area contributed by atoms with Crippen molar-refractivity contribution in [2.75, 3.05) is 16.3 Å². The van der Waals surface area contributed by atoms with Crippen molar-refractivity contribution in [1.82, 2.24) is 5.32 Å². The van der Waals surface area contributed by atoms with Gasteiger partial charge in [-0.25, -0.2) is 4.79 Å². The molecule has 2 aliphatic heterocycles. The summed E-state index contributed by atoms with van der Waals surface area (Å²) < 4.78 is 5.21. The molecule has 2 fully saturated rings. The van der Waals surface area contributed by atoms with E-state index in [-0.39, 0.29) is 36.5 Å². The summed E-state index contributed by atoms with van der Waals surface area (Å²) in [7, 11) is 0. The number of hydrogen-bond acceptors (Lipinski definition) is 5. The van der Waals surface area contributed by atoms with Gasteiger partial charge < -0.3 is 20.7 Å². The van der Waals surface area contributed by atoms with E-state index in [1.807, 2.05) is 26.0 Å². The Bertz CT molecular complexity index is 793. The molecule has 2 heterocycles. The van der Waals surface area contributed by atoms with Crippen molar-refractivity contribution < 1.29 is 19.1 Å². The van der Waals surface area contributed by atoms with Crippen LogP contribution >= 0.6 is 0 Å². The van der Waals surface area contributed by atoms with Crippen LogP contribution in [-0.4, -0.2) is 48.7 Å². The summed E-state index contributed by atoms with van der Waals surface area (Å²) in [6.07, 6.45) is -0.345. The molecule has 3 N–H and O–H groups in total. The van der Waals surface area contributed by atoms with E-state index in [9.17, 15) is 14.4 Å². The van der Waals surface area contributed by atoms with Crippen LogP contribution in [0.3, 0.4) is 0 Å². The number of nitrogens with two attached hydrogens (primary N) is 1. The molecule has 0 radical (unpaired) electrons. The van der Waals surface area contributed by atoms with Gasteiger partial charge in [-0.2, -0.15) is 0 Å². The summed E-state index contributed by atoms with van der Waals surface area (Å²) in [4.78, 5) is 39.8. The van der Waals surface area contributed by atoms with E-state index in [0.717, 1.165) is 17.7 Å². The zero-order chi connectivity index (χ0) is 18.6. The van der Waals surface area contributed by atoms with Crippen LogP contribution in [0.4, 0.5) is 16.2 Å². The van der Waals surface area contributed by atoms with Crippen LogP contribution in [0, 0.1) is 0 Å². The highest BCUT2D eigenvalue weighted by atomic mass is 16.6. The van der Waals surface area contributed by atoms with Crippen molar-refractivity contribution in [1.29, 1.82) is 0 Å². The molecule has 0 aromatic heterocycles. The molecule has 3 atom stereocenters. The first kappa shape index (κ1) is 16.8. The average molecular weight is 358 g/mol. The zero-order valence-corrected chi connectivity index (χ0v) is 14.8. The van der Waals surface area contributed by atoms with Gasteiger partial charge in [-0.15, -0.1) is 0 Å². The molecule has 3 aliphatic rings. The molecule has 1 saturated carbocycles. The molecule has 138 valence electrons. The molecule has 1 aliphatic carbocycles. The Morgan fingerprint density at radius 2 is 2.08 bits per heavy atom. The Morgan fingerprint density at radius 1 is 1.35 bits per heavy atom. The van der Waals surface area contributed by atoms with Crippen LogP contribution in [0.15, 0.2) is 18.2 Å². The highest BCUT2D eigenvalue weighted by Gasteiger charge is 2.42. The Balaban J connectivity index is 1.50. The van der Waals surface area contributed by atoms with Gasteiger partial charge in [0.1, 0.15) is 0 Å². The fourth-order valence-corrected chi connectivity index (χ4v) is 3.53. The lowest BCUT2D eigenvalue weighted by atomic mass is 10.1. The molecule has 0 unspecified atom stereocenters. The van der Waals surface area contributed by atoms with Crippen molar-refractivity contribution in [3.63, 3.8) is 0 Å². The van der Waals surface area contributed by atoms with E-state index in [0.29, 0.717) is 12.1 Å². The first-order valence-electron chi connectivity index (χ1n) is 8.84. The van der Waals surface area contributed by atoms with Gasteiger partial charge in [-0.05, 0) is 44.0 Å². The predicted octanol–water partition coefficient (Wildman–Crippen LogP) is 0.525. The molecular weight excluding hydrogens is 336 g/mol. The maximum Gasteiger partial charge on any atom is 0.415 e. The van der Waals surface area contributed by atoms with Crippen LogP contribution in [0.1, 0.15) is 25.8 Å². The summed E-state index contributed by atoms with van der Waals surface area (Å²) in [5.74, 6) is -0.268. The largest absolute Gasteiger partial charge is 0.434 e. The molecule has 1 aromatic carbocycles. The van der Waals surface area contributed by atoms with Gasteiger partial charge in [0, 0.05) is 29.5 Å². The lowest BCUT2D eigenvalue weighted by molar-refractivity contribution is -0.127. The van der Waals surface area contributed by atoms with Crippen molar-refractivity contribution in [3.05, 3.63) is 23.8 Å². The van der Waals surface area contributed by atoms with E-state index in [1.54, 1.807) is 11.0 Å². The Labute approximate surface area is 151 Å². The third-order valence-electron chi connectivity index (χ3n) is 5.03. The molecule has 1 aromatic rings. The van der Waals surface area contributed by atoms with Gasteiger partial charge in [-0.3, -0.25) is 14.5 Å². The third kappa shape index (κ3) is 2.80. The minimum absolute atomic E-state index is 0.00897. The summed E-state index contributed by atoms with van der Waals surface area (Å²) in [5.41, 5.74) is 8.07. The van der Waals surface area contributed by atoms with Crippen molar-refractivity contribution in [2.45, 2.75) is 50.9 Å². The fourth-order valence-electron chi connectivity index (χ4n) is 3.53. The molecule has 1 saturated heterocycles. The molecule has 4 rings (SSSR count). The number of nitrogens with zero attached hydrogens (tertiary/aromatic N) is 2. The topological polar surface area (TPSA) is 105 Å². The molecule has 26 heavy (non-hydrogen) atoms. The first-order valence-corrected chi connectivity index (χ1v) is 8.84. The van der Waals surface area contributed by atoms with Gasteiger partial charge in [0.2, 0.25) is 5.91 Å². The molecule has 8 heteroatoms. The Kier molecular flexibility index (Phi) is 3.87. The van der Waals surface area contributed by atoms with Crippen molar-refractivity contribution in [3.8, 4) is 0 Å². The third-order valence-corrected chi connectivity index (χ3v) is 5.03. The lowest BCUT2D eigenvalue weighted by Gasteiger charge is -2.22. The maximum absolute atomic E-state index is 12.2. The number of carbonyl (C=O) groups is 3. The molecule has 8 nitrogen and oxygen atoms in total. The summed E-state index contributed by atoms with van der Waals surface area (Å²) in [6.45, 7) is 4.08. The van der Waals surface area contributed by atoms with Gasteiger partial charge >= 0.3 is 6.09 Å². The van der Waals surface area contributed by atoms with Crippen LogP contribution in [0.25, 0.3) is 0 Å². The SMILES string of the molecule is CC(C)N1C(=O)Cc2cc(N3C[C@@H](C(=O)N[C@H]4C[C@@H]4N)OC3=O)ccc21. The standard InChI is InChI=1S/C18H22N4O4/c1-9(2)22-14-4-3-11(5-10(14)6-16(22)23)21-8-15(26-18(21)25)17(24)20-13-7-12(13)19/h3-5,9,12-13,15H,6-8,19H2,1-2H3,(H,20,24)/t12-,13-,15-/m0/s1. The quantitative estimate of drug-likeness (QED) is 0.817. The van der Waals surface area contributed by atoms with E-state index in [1.165, 1.54) is 4.90 Å². The van der Waals surface area contributed by atoms with Crippen LogP contribution in [0.5, 0.6) is 0 Å². The average Bonchev–Trinajstić information content (AvgIpc) is 2.99. The molecule has 0 spiro atoms. The van der Waals surface area contributed by atoms with Crippen molar-refractivity contribution >= 4 is 29.3 Å². The number of fused-ring (bicyclic) bond motifs is 1. The fraction of sp³-hybridized carbons (Fsp3) is 0.500. The highest BCUT2D eigenvalue weighted by molar-refractivity contribution is 6.03. The van der Waals surface area contributed by atoms with Gasteiger partial charge in [0.15, 0.2) is 6.10 Å². The number of amides is 3. The first-order chi connectivity index (χ1) is 12.3. The summed E-state index contributed by atoms with van der Waals surface area (Å²) in [5, 5.41) is 2.78. The molecule has 3 amide bonds. The number of anilines is 2. The monoisotopic (exact) mass is 358 g/mol. The van der Waals surface area contributed by atoms with Gasteiger partial charge in [0.05, 0.1) is 13.0 Å². The number of carbonyl (C=O) groups excluding carboxylic acids is 3. The van der Waals surface area contributed by atoms with E-state index in [2.05, 4.69) is 5.32 Å². The van der Waals surface area contributed by atoms with Crippen LogP contribution in [0.2, 0.25) is 0 Å². The van der Waals surface area contributed by atoms with E-state index < -0.39 is 12.2 Å². The number of cyclic esters (lactones) is 1. The second kappa shape index (κ2) is 5.98. The number of nitrogens with one attached hydrogen (secondary N) is 1. The summed E-state index contributed by atoms with van der Waals surface area (Å²) in [6, 6.07) is 5.50. The normalized spacial score (nSPS) is 27.0. The minimum atomic E-state index is -0.850. The van der Waals surface area contributed by atoms with Gasteiger partial charge in [-0.1, -0.05) is 0 Å². The number of hydrogen-bond donors (Lipinski definition) is 2. The molecule has 0 bridgehead atoms. The second-order valence-electron chi connectivity index (χ2n) is 7.34. The maximum atomic E-state index is 12.2. The zero-order valence-electron chi connectivity index (χ0n) is 14.8. The van der Waals surface area contributed by atoms with Crippen molar-refractivity contribution in [2.24, 2.45) is 5.73 Å². The van der Waals surface area contributed by atoms with Crippen LogP contribution in [-0.2, 0) is 20.7 Å².